The van der Waals surface area contributed by atoms with Crippen LogP contribution in [0.1, 0.15) is 11.6 Å². The first kappa shape index (κ1) is 12.4. The predicted molar refractivity (Wildman–Crippen MR) is 59.6 cm³/mol. The van der Waals surface area contributed by atoms with Gasteiger partial charge in [0.25, 0.3) is 0 Å². The van der Waals surface area contributed by atoms with Gasteiger partial charge in [-0.3, -0.25) is 4.90 Å². The average Bonchev–Trinajstić information content (AvgIpc) is 2.20. The number of likely N-dealkylation sites (N-methyl/N-ethyl adjacent to an activating group) is 1. The van der Waals surface area contributed by atoms with Crippen LogP contribution in [-0.2, 0) is 4.79 Å². The van der Waals surface area contributed by atoms with Gasteiger partial charge in [-0.05, 0) is 31.8 Å². The second kappa shape index (κ2) is 5.42. The Balaban J connectivity index is 2.94. The van der Waals surface area contributed by atoms with E-state index in [0.29, 0.717) is 0 Å². The van der Waals surface area contributed by atoms with E-state index in [1.54, 1.807) is 18.2 Å². The van der Waals surface area contributed by atoms with E-state index in [-0.39, 0.29) is 11.9 Å². The van der Waals surface area contributed by atoms with Gasteiger partial charge in [0.2, 0.25) is 0 Å². The third kappa shape index (κ3) is 3.47. The highest BCUT2D eigenvalue weighted by molar-refractivity contribution is 5.79. The van der Waals surface area contributed by atoms with Gasteiger partial charge in [0.05, 0.1) is 6.04 Å². The van der Waals surface area contributed by atoms with Crippen LogP contribution < -0.4 is 0 Å². The van der Waals surface area contributed by atoms with Gasteiger partial charge < -0.3 is 5.11 Å². The summed E-state index contributed by atoms with van der Waals surface area (Å²) in [5.41, 5.74) is 0.851. The third-order valence-corrected chi connectivity index (χ3v) is 2.19. The second-order valence-corrected chi connectivity index (χ2v) is 3.66. The number of hydrogen-bond acceptors (Lipinski definition) is 2. The van der Waals surface area contributed by atoms with Gasteiger partial charge in [0.15, 0.2) is 0 Å². The van der Waals surface area contributed by atoms with E-state index in [4.69, 9.17) is 5.11 Å². The Labute approximate surface area is 93.8 Å². The fraction of sp³-hybridized carbons (Fsp3) is 0.250. The highest BCUT2D eigenvalue weighted by atomic mass is 19.1. The number of aliphatic carboxylic acids is 1. The van der Waals surface area contributed by atoms with Crippen LogP contribution in [-0.4, -0.2) is 30.1 Å². The van der Waals surface area contributed by atoms with Crippen molar-refractivity contribution in [3.05, 3.63) is 47.8 Å². The fourth-order valence-electron chi connectivity index (χ4n) is 1.41. The molecule has 1 unspecified atom stereocenters. The standard InChI is InChI=1S/C12H14FNO2/c1-14(2)11(7-8-12(15)16)9-3-5-10(13)6-4-9/h3-8,11H,1-2H3,(H,15,16)/b8-7+. The third-order valence-electron chi connectivity index (χ3n) is 2.19. The number of halogens is 1. The molecule has 16 heavy (non-hydrogen) atoms. The van der Waals surface area contributed by atoms with E-state index in [2.05, 4.69) is 0 Å². The molecule has 3 nitrogen and oxygen atoms in total. The first-order chi connectivity index (χ1) is 7.50. The number of carbonyl (C=O) groups is 1. The summed E-state index contributed by atoms with van der Waals surface area (Å²) < 4.78 is 12.7. The van der Waals surface area contributed by atoms with Gasteiger partial charge in [-0.1, -0.05) is 18.2 Å². The van der Waals surface area contributed by atoms with Crippen molar-refractivity contribution < 1.29 is 14.3 Å². The van der Waals surface area contributed by atoms with E-state index >= 15 is 0 Å². The van der Waals surface area contributed by atoms with Gasteiger partial charge in [-0.25, -0.2) is 9.18 Å². The van der Waals surface area contributed by atoms with E-state index < -0.39 is 5.97 Å². The van der Waals surface area contributed by atoms with Crippen LogP contribution in [0.25, 0.3) is 0 Å². The van der Waals surface area contributed by atoms with Crippen molar-refractivity contribution in [2.45, 2.75) is 6.04 Å². The summed E-state index contributed by atoms with van der Waals surface area (Å²) >= 11 is 0. The van der Waals surface area contributed by atoms with Gasteiger partial charge >= 0.3 is 5.97 Å². The molecule has 0 bridgehead atoms. The molecule has 0 radical (unpaired) electrons. The zero-order valence-electron chi connectivity index (χ0n) is 9.22. The molecule has 1 aromatic rings. The summed E-state index contributed by atoms with van der Waals surface area (Å²) in [5.74, 6) is -1.29. The van der Waals surface area contributed by atoms with Crippen LogP contribution in [0.15, 0.2) is 36.4 Å². The van der Waals surface area contributed by atoms with Crippen molar-refractivity contribution in [2.75, 3.05) is 14.1 Å². The zero-order valence-corrected chi connectivity index (χ0v) is 9.22. The summed E-state index contributed by atoms with van der Waals surface area (Å²) in [7, 11) is 3.67. The lowest BCUT2D eigenvalue weighted by Crippen LogP contribution is -2.18. The van der Waals surface area contributed by atoms with Crippen LogP contribution in [0.2, 0.25) is 0 Å². The lowest BCUT2D eigenvalue weighted by atomic mass is 10.1. The monoisotopic (exact) mass is 223 g/mol. The van der Waals surface area contributed by atoms with E-state index in [1.807, 2.05) is 19.0 Å². The average molecular weight is 223 g/mol. The molecule has 0 amide bonds. The van der Waals surface area contributed by atoms with Crippen molar-refractivity contribution in [1.29, 1.82) is 0 Å². The van der Waals surface area contributed by atoms with Crippen LogP contribution in [0, 0.1) is 5.82 Å². The first-order valence-corrected chi connectivity index (χ1v) is 4.83. The Hall–Kier alpha value is -1.68. The molecule has 86 valence electrons. The van der Waals surface area contributed by atoms with Crippen molar-refractivity contribution in [2.24, 2.45) is 0 Å². The Morgan fingerprint density at radius 2 is 1.94 bits per heavy atom. The van der Waals surface area contributed by atoms with Crippen LogP contribution in [0.4, 0.5) is 4.39 Å². The van der Waals surface area contributed by atoms with E-state index in [9.17, 15) is 9.18 Å². The minimum absolute atomic E-state index is 0.170. The predicted octanol–water partition coefficient (Wildman–Crippen LogP) is 2.07. The highest BCUT2D eigenvalue weighted by Gasteiger charge is 2.10. The van der Waals surface area contributed by atoms with Crippen molar-refractivity contribution >= 4 is 5.97 Å². The van der Waals surface area contributed by atoms with E-state index in [0.717, 1.165) is 11.6 Å². The van der Waals surface area contributed by atoms with Crippen LogP contribution >= 0.6 is 0 Å². The lowest BCUT2D eigenvalue weighted by Gasteiger charge is -2.21. The molecule has 0 heterocycles. The summed E-state index contributed by atoms with van der Waals surface area (Å²) in [6, 6.07) is 5.84. The first-order valence-electron chi connectivity index (χ1n) is 4.83. The molecule has 0 saturated heterocycles. The number of carboxylic acid groups (broad SMARTS) is 1. The topological polar surface area (TPSA) is 40.5 Å². The van der Waals surface area contributed by atoms with Crippen molar-refractivity contribution in [3.63, 3.8) is 0 Å². The molecule has 0 fully saturated rings. The number of rotatable bonds is 4. The normalized spacial score (nSPS) is 13.2. The maximum absolute atomic E-state index is 12.7. The number of nitrogens with zero attached hydrogens (tertiary/aromatic N) is 1. The molecule has 1 rings (SSSR count). The smallest absolute Gasteiger partial charge is 0.328 e. The molecule has 0 saturated carbocycles. The summed E-state index contributed by atoms with van der Waals surface area (Å²) in [6.45, 7) is 0. The maximum Gasteiger partial charge on any atom is 0.328 e. The van der Waals surface area contributed by atoms with E-state index in [1.165, 1.54) is 12.1 Å². The molecular weight excluding hydrogens is 209 g/mol. The van der Waals surface area contributed by atoms with Crippen molar-refractivity contribution in [1.82, 2.24) is 4.90 Å². The molecule has 0 aliphatic heterocycles. The van der Waals surface area contributed by atoms with Crippen LogP contribution in [0.3, 0.4) is 0 Å². The van der Waals surface area contributed by atoms with Gasteiger partial charge in [-0.15, -0.1) is 0 Å². The molecule has 0 aliphatic rings. The quantitative estimate of drug-likeness (QED) is 0.794. The minimum atomic E-state index is -0.992. The molecule has 0 aliphatic carbocycles. The molecule has 1 atom stereocenters. The molecule has 0 spiro atoms. The zero-order chi connectivity index (χ0) is 12.1. The number of benzene rings is 1. The number of hydrogen-bond donors (Lipinski definition) is 1. The molecule has 1 N–H and O–H groups in total. The molecule has 4 heteroatoms. The Kier molecular flexibility index (Phi) is 4.19. The summed E-state index contributed by atoms with van der Waals surface area (Å²) in [6.07, 6.45) is 2.66. The maximum atomic E-state index is 12.7. The second-order valence-electron chi connectivity index (χ2n) is 3.66. The van der Waals surface area contributed by atoms with Gasteiger partial charge in [-0.2, -0.15) is 0 Å². The van der Waals surface area contributed by atoms with Crippen LogP contribution in [0.5, 0.6) is 0 Å². The minimum Gasteiger partial charge on any atom is -0.478 e. The Morgan fingerprint density at radius 1 is 1.38 bits per heavy atom. The fourth-order valence-corrected chi connectivity index (χ4v) is 1.41. The largest absolute Gasteiger partial charge is 0.478 e. The van der Waals surface area contributed by atoms with Gasteiger partial charge in [0.1, 0.15) is 5.82 Å². The van der Waals surface area contributed by atoms with Crippen molar-refractivity contribution in [3.8, 4) is 0 Å². The molecule has 1 aromatic carbocycles. The Bertz CT molecular complexity index is 385. The van der Waals surface area contributed by atoms with Gasteiger partial charge in [0, 0.05) is 6.08 Å². The highest BCUT2D eigenvalue weighted by Crippen LogP contribution is 2.19. The molecule has 0 aromatic heterocycles. The summed E-state index contributed by atoms with van der Waals surface area (Å²) in [5, 5.41) is 8.57. The number of carboxylic acids is 1. The Morgan fingerprint density at radius 3 is 2.38 bits per heavy atom. The lowest BCUT2D eigenvalue weighted by molar-refractivity contribution is -0.131. The SMILES string of the molecule is CN(C)C(/C=C/C(=O)O)c1ccc(F)cc1. The molecular formula is C12H14FNO2. The summed E-state index contributed by atoms with van der Waals surface area (Å²) in [4.78, 5) is 12.3.